The maximum Gasteiger partial charge on any atom is 0.329 e. The zero-order valence-corrected chi connectivity index (χ0v) is 10.4. The molecule has 90 valence electrons. The van der Waals surface area contributed by atoms with Crippen LogP contribution in [0.15, 0.2) is 22.7 Å². The third kappa shape index (κ3) is 4.40. The zero-order valence-electron chi connectivity index (χ0n) is 8.77. The SMILES string of the molecule is N#Cc1cc(Br)ccc1OCCC(=O)ONN. The summed E-state index contributed by atoms with van der Waals surface area (Å²) in [5.74, 6) is 4.67. The molecule has 0 unspecified atom stereocenters. The number of ether oxygens (including phenoxy) is 1. The Morgan fingerprint density at radius 1 is 1.59 bits per heavy atom. The van der Waals surface area contributed by atoms with Gasteiger partial charge in [0.25, 0.3) is 0 Å². The first-order chi connectivity index (χ1) is 8.17. The molecule has 17 heavy (non-hydrogen) atoms. The maximum atomic E-state index is 10.9. The lowest BCUT2D eigenvalue weighted by molar-refractivity contribution is -0.151. The highest BCUT2D eigenvalue weighted by molar-refractivity contribution is 9.10. The first kappa shape index (κ1) is 13.4. The second-order valence-corrected chi connectivity index (χ2v) is 3.86. The molecule has 0 aromatic heterocycles. The lowest BCUT2D eigenvalue weighted by Gasteiger charge is -2.07. The summed E-state index contributed by atoms with van der Waals surface area (Å²) in [5, 5.41) is 8.87. The quantitative estimate of drug-likeness (QED) is 0.622. The van der Waals surface area contributed by atoms with E-state index in [2.05, 4.69) is 20.8 Å². The van der Waals surface area contributed by atoms with E-state index in [-0.39, 0.29) is 13.0 Å². The van der Waals surface area contributed by atoms with Gasteiger partial charge >= 0.3 is 5.97 Å². The Labute approximate surface area is 106 Å². The van der Waals surface area contributed by atoms with Crippen LogP contribution in [0.25, 0.3) is 0 Å². The molecule has 0 saturated carbocycles. The number of hydrazine groups is 1. The van der Waals surface area contributed by atoms with Gasteiger partial charge in [-0.05, 0) is 18.2 Å². The summed E-state index contributed by atoms with van der Waals surface area (Å²) in [5.41, 5.74) is 2.18. The van der Waals surface area contributed by atoms with E-state index in [1.807, 2.05) is 6.07 Å². The van der Waals surface area contributed by atoms with Crippen LogP contribution < -0.4 is 16.2 Å². The Balaban J connectivity index is 2.52. The molecule has 0 amide bonds. The molecule has 0 aliphatic heterocycles. The summed E-state index contributed by atoms with van der Waals surface area (Å²) in [6.07, 6.45) is 0.0329. The van der Waals surface area contributed by atoms with E-state index >= 15 is 0 Å². The average molecular weight is 300 g/mol. The molecule has 6 nitrogen and oxygen atoms in total. The van der Waals surface area contributed by atoms with Gasteiger partial charge in [0.05, 0.1) is 18.6 Å². The maximum absolute atomic E-state index is 10.9. The van der Waals surface area contributed by atoms with Gasteiger partial charge in [-0.3, -0.25) is 4.79 Å². The van der Waals surface area contributed by atoms with E-state index in [0.717, 1.165) is 4.47 Å². The largest absolute Gasteiger partial charge is 0.492 e. The minimum atomic E-state index is -0.539. The number of benzene rings is 1. The van der Waals surface area contributed by atoms with Gasteiger partial charge in [-0.25, -0.2) is 5.84 Å². The van der Waals surface area contributed by atoms with E-state index in [0.29, 0.717) is 11.3 Å². The molecular formula is C10H10BrN3O3. The van der Waals surface area contributed by atoms with Crippen LogP contribution in [0.4, 0.5) is 0 Å². The molecule has 0 aliphatic carbocycles. The van der Waals surface area contributed by atoms with E-state index in [9.17, 15) is 4.79 Å². The average Bonchev–Trinajstić information content (AvgIpc) is 2.31. The molecule has 0 spiro atoms. The third-order valence-electron chi connectivity index (χ3n) is 1.80. The molecule has 1 rings (SSSR count). The van der Waals surface area contributed by atoms with Gasteiger partial charge in [-0.1, -0.05) is 21.5 Å². The molecule has 0 radical (unpaired) electrons. The molecule has 0 fully saturated rings. The summed E-state index contributed by atoms with van der Waals surface area (Å²) in [6.45, 7) is 0.108. The standard InChI is InChI=1S/C10H10BrN3O3/c11-8-1-2-9(7(5-8)6-12)16-4-3-10(15)17-14-13/h1-2,5,14H,3-4,13H2. The Bertz CT molecular complexity index is 445. The van der Waals surface area contributed by atoms with Crippen LogP contribution in [-0.4, -0.2) is 12.6 Å². The van der Waals surface area contributed by atoms with Crippen molar-refractivity contribution < 1.29 is 14.4 Å². The van der Waals surface area contributed by atoms with E-state index in [1.54, 1.807) is 23.8 Å². The number of halogens is 1. The van der Waals surface area contributed by atoms with Gasteiger partial charge in [0.15, 0.2) is 0 Å². The molecular weight excluding hydrogens is 290 g/mol. The first-order valence-corrected chi connectivity index (χ1v) is 5.44. The van der Waals surface area contributed by atoms with Crippen LogP contribution in [0.3, 0.4) is 0 Å². The van der Waals surface area contributed by atoms with Crippen molar-refractivity contribution in [2.45, 2.75) is 6.42 Å². The Hall–Kier alpha value is -1.62. The molecule has 7 heteroatoms. The molecule has 0 saturated heterocycles. The normalized spacial score (nSPS) is 9.47. The van der Waals surface area contributed by atoms with Crippen molar-refractivity contribution in [1.29, 1.82) is 5.26 Å². The fraction of sp³-hybridized carbons (Fsp3) is 0.200. The van der Waals surface area contributed by atoms with E-state index < -0.39 is 5.97 Å². The van der Waals surface area contributed by atoms with Crippen LogP contribution in [0.1, 0.15) is 12.0 Å². The van der Waals surface area contributed by atoms with Crippen molar-refractivity contribution in [3.63, 3.8) is 0 Å². The summed E-state index contributed by atoms with van der Waals surface area (Å²) in [6, 6.07) is 7.02. The number of hydrogen-bond donors (Lipinski definition) is 2. The topological polar surface area (TPSA) is 97.4 Å². The number of rotatable bonds is 5. The van der Waals surface area contributed by atoms with Crippen molar-refractivity contribution in [3.8, 4) is 11.8 Å². The fourth-order valence-electron chi connectivity index (χ4n) is 1.08. The smallest absolute Gasteiger partial charge is 0.329 e. The second-order valence-electron chi connectivity index (χ2n) is 2.94. The number of carbonyl (C=O) groups is 1. The van der Waals surface area contributed by atoms with E-state index in [1.165, 1.54) is 0 Å². The highest BCUT2D eigenvalue weighted by atomic mass is 79.9. The number of nitrogens with one attached hydrogen (secondary N) is 1. The summed E-state index contributed by atoms with van der Waals surface area (Å²) in [4.78, 5) is 15.2. The van der Waals surface area contributed by atoms with E-state index in [4.69, 9.17) is 15.8 Å². The molecule has 1 aromatic carbocycles. The molecule has 0 bridgehead atoms. The van der Waals surface area contributed by atoms with Crippen LogP contribution in [0.2, 0.25) is 0 Å². The van der Waals surface area contributed by atoms with Gasteiger partial charge in [0, 0.05) is 4.47 Å². The van der Waals surface area contributed by atoms with Crippen LogP contribution in [0, 0.1) is 11.3 Å². The summed E-state index contributed by atoms with van der Waals surface area (Å²) < 4.78 is 6.07. The monoisotopic (exact) mass is 299 g/mol. The second kappa shape index (κ2) is 6.85. The fourth-order valence-corrected chi connectivity index (χ4v) is 1.44. The molecule has 3 N–H and O–H groups in total. The minimum absolute atomic E-state index is 0.0329. The van der Waals surface area contributed by atoms with Crippen LogP contribution >= 0.6 is 15.9 Å². The van der Waals surface area contributed by atoms with Gasteiger partial charge in [-0.2, -0.15) is 5.26 Å². The van der Waals surface area contributed by atoms with Gasteiger partial charge in [0.2, 0.25) is 0 Å². The van der Waals surface area contributed by atoms with Crippen LogP contribution in [-0.2, 0) is 9.63 Å². The Morgan fingerprint density at radius 3 is 3.00 bits per heavy atom. The van der Waals surface area contributed by atoms with Crippen LogP contribution in [0.5, 0.6) is 5.75 Å². The van der Waals surface area contributed by atoms with Crippen molar-refractivity contribution in [1.82, 2.24) is 5.59 Å². The van der Waals surface area contributed by atoms with Crippen molar-refractivity contribution >= 4 is 21.9 Å². The number of hydrogen-bond acceptors (Lipinski definition) is 6. The first-order valence-electron chi connectivity index (χ1n) is 4.65. The summed E-state index contributed by atoms with van der Waals surface area (Å²) in [7, 11) is 0. The van der Waals surface area contributed by atoms with Gasteiger partial charge < -0.3 is 9.57 Å². The molecule has 1 aromatic rings. The number of nitrogens with zero attached hydrogens (tertiary/aromatic N) is 1. The van der Waals surface area contributed by atoms with Crippen molar-refractivity contribution in [2.75, 3.05) is 6.61 Å². The Morgan fingerprint density at radius 2 is 2.35 bits per heavy atom. The van der Waals surface area contributed by atoms with Gasteiger partial charge in [-0.15, -0.1) is 0 Å². The van der Waals surface area contributed by atoms with Gasteiger partial charge in [0.1, 0.15) is 11.8 Å². The highest BCUT2D eigenvalue weighted by Crippen LogP contribution is 2.22. The number of nitrogens with two attached hydrogens (primary N) is 1. The summed E-state index contributed by atoms with van der Waals surface area (Å²) >= 11 is 3.25. The van der Waals surface area contributed by atoms with Crippen molar-refractivity contribution in [3.05, 3.63) is 28.2 Å². The third-order valence-corrected chi connectivity index (χ3v) is 2.29. The lowest BCUT2D eigenvalue weighted by Crippen LogP contribution is -2.27. The predicted molar refractivity (Wildman–Crippen MR) is 62.4 cm³/mol. The predicted octanol–water partition coefficient (Wildman–Crippen LogP) is 1.01. The molecule has 0 heterocycles. The highest BCUT2D eigenvalue weighted by Gasteiger charge is 2.06. The zero-order chi connectivity index (χ0) is 12.7. The number of carbonyl (C=O) groups excluding carboxylic acids is 1. The lowest BCUT2D eigenvalue weighted by atomic mass is 10.2. The van der Waals surface area contributed by atoms with Crippen molar-refractivity contribution in [2.24, 2.45) is 5.84 Å². The molecule has 0 aliphatic rings. The molecule has 0 atom stereocenters. The Kier molecular flexibility index (Phi) is 5.42. The minimum Gasteiger partial charge on any atom is -0.492 e. The number of nitriles is 1.